The van der Waals surface area contributed by atoms with Crippen molar-refractivity contribution in [1.29, 1.82) is 0 Å². The summed E-state index contributed by atoms with van der Waals surface area (Å²) >= 11 is 0. The number of benzene rings is 2. The van der Waals surface area contributed by atoms with Gasteiger partial charge in [0.2, 0.25) is 0 Å². The van der Waals surface area contributed by atoms with Gasteiger partial charge >= 0.3 is 0 Å². The number of fused-ring (bicyclic) bond motifs is 2. The molecular formula is C20H22O. The normalized spacial score (nSPS) is 18.4. The lowest BCUT2D eigenvalue weighted by atomic mass is 9.68. The molecule has 1 aliphatic rings. The van der Waals surface area contributed by atoms with Crippen LogP contribution in [0.5, 0.6) is 0 Å². The van der Waals surface area contributed by atoms with Crippen LogP contribution in [0.15, 0.2) is 48.5 Å². The van der Waals surface area contributed by atoms with Crippen molar-refractivity contribution in [3.05, 3.63) is 70.8 Å². The van der Waals surface area contributed by atoms with E-state index in [1.165, 1.54) is 16.7 Å². The molecule has 1 aliphatic carbocycles. The first kappa shape index (κ1) is 14.1. The van der Waals surface area contributed by atoms with Gasteiger partial charge in [0.15, 0.2) is 5.78 Å². The Morgan fingerprint density at radius 1 is 0.857 bits per heavy atom. The smallest absolute Gasteiger partial charge is 0.163 e. The van der Waals surface area contributed by atoms with Crippen LogP contribution in [0.2, 0.25) is 0 Å². The third-order valence-corrected chi connectivity index (χ3v) is 4.43. The molecule has 0 saturated carbocycles. The van der Waals surface area contributed by atoms with E-state index in [1.54, 1.807) is 0 Å². The highest BCUT2D eigenvalue weighted by molar-refractivity contribution is 5.98. The molecule has 1 atom stereocenters. The van der Waals surface area contributed by atoms with E-state index in [0.29, 0.717) is 6.42 Å². The molecule has 2 aromatic rings. The first-order valence-corrected chi connectivity index (χ1v) is 7.68. The molecule has 2 aromatic carbocycles. The monoisotopic (exact) mass is 278 g/mol. The second kappa shape index (κ2) is 5.14. The van der Waals surface area contributed by atoms with Gasteiger partial charge in [-0.1, -0.05) is 69.3 Å². The number of carbonyl (C=O) groups is 1. The summed E-state index contributed by atoms with van der Waals surface area (Å²) in [5.74, 6) is 0.531. The highest BCUT2D eigenvalue weighted by atomic mass is 16.1. The summed E-state index contributed by atoms with van der Waals surface area (Å²) in [5, 5.41) is 0. The molecular weight excluding hydrogens is 256 g/mol. The maximum atomic E-state index is 12.5. The van der Waals surface area contributed by atoms with Crippen molar-refractivity contribution in [2.45, 2.75) is 39.5 Å². The van der Waals surface area contributed by atoms with Crippen molar-refractivity contribution in [2.24, 2.45) is 5.41 Å². The minimum Gasteiger partial charge on any atom is -0.294 e. The van der Waals surface area contributed by atoms with Crippen molar-refractivity contribution in [3.8, 4) is 0 Å². The zero-order valence-corrected chi connectivity index (χ0v) is 13.0. The lowest BCUT2D eigenvalue weighted by Crippen LogP contribution is -2.25. The summed E-state index contributed by atoms with van der Waals surface area (Å²) in [4.78, 5) is 12.5. The van der Waals surface area contributed by atoms with Crippen molar-refractivity contribution in [3.63, 3.8) is 0 Å². The van der Waals surface area contributed by atoms with Crippen LogP contribution in [-0.4, -0.2) is 5.78 Å². The van der Waals surface area contributed by atoms with Crippen LogP contribution < -0.4 is 0 Å². The van der Waals surface area contributed by atoms with Gasteiger partial charge in [-0.2, -0.15) is 0 Å². The first-order chi connectivity index (χ1) is 9.98. The molecule has 21 heavy (non-hydrogen) atoms. The van der Waals surface area contributed by atoms with Crippen LogP contribution in [0.1, 0.15) is 60.2 Å². The largest absolute Gasteiger partial charge is 0.294 e. The third-order valence-electron chi connectivity index (χ3n) is 4.43. The van der Waals surface area contributed by atoms with E-state index in [2.05, 4.69) is 57.2 Å². The molecule has 0 heterocycles. The topological polar surface area (TPSA) is 17.1 Å². The van der Waals surface area contributed by atoms with Crippen molar-refractivity contribution in [1.82, 2.24) is 0 Å². The zero-order valence-electron chi connectivity index (χ0n) is 13.0. The predicted octanol–water partition coefficient (Wildman–Crippen LogP) is 4.99. The van der Waals surface area contributed by atoms with E-state index in [-0.39, 0.29) is 17.1 Å². The first-order valence-electron chi connectivity index (χ1n) is 7.68. The van der Waals surface area contributed by atoms with Gasteiger partial charge in [0, 0.05) is 17.9 Å². The van der Waals surface area contributed by atoms with Gasteiger partial charge < -0.3 is 0 Å². The zero-order chi connectivity index (χ0) is 15.0. The van der Waals surface area contributed by atoms with Gasteiger partial charge in [-0.25, -0.2) is 0 Å². The van der Waals surface area contributed by atoms with Gasteiger partial charge in [0.05, 0.1) is 0 Å². The Morgan fingerprint density at radius 2 is 1.48 bits per heavy atom. The number of hydrogen-bond acceptors (Lipinski definition) is 1. The molecule has 108 valence electrons. The molecule has 3 rings (SSSR count). The average molecular weight is 278 g/mol. The van der Waals surface area contributed by atoms with Crippen molar-refractivity contribution in [2.75, 3.05) is 0 Å². The number of ketones is 1. The minimum atomic E-state index is 0.0732. The molecule has 1 heteroatoms. The van der Waals surface area contributed by atoms with Gasteiger partial charge in [0.1, 0.15) is 0 Å². The Bertz CT molecular complexity index is 676. The van der Waals surface area contributed by atoms with Crippen LogP contribution in [-0.2, 0) is 6.42 Å². The van der Waals surface area contributed by atoms with Gasteiger partial charge in [0.25, 0.3) is 0 Å². The second-order valence-electron chi connectivity index (χ2n) is 7.01. The molecule has 0 spiro atoms. The fourth-order valence-electron chi connectivity index (χ4n) is 3.53. The Labute approximate surface area is 127 Å². The number of carbonyl (C=O) groups excluding carboxylic acids is 1. The van der Waals surface area contributed by atoms with E-state index < -0.39 is 0 Å². The summed E-state index contributed by atoms with van der Waals surface area (Å²) in [6, 6.07) is 16.8. The molecule has 0 N–H and O–H groups in total. The summed E-state index contributed by atoms with van der Waals surface area (Å²) in [7, 11) is 0. The molecule has 0 radical (unpaired) electrons. The Morgan fingerprint density at radius 3 is 2.19 bits per heavy atom. The minimum absolute atomic E-state index is 0.0732. The van der Waals surface area contributed by atoms with Crippen molar-refractivity contribution >= 4 is 5.78 Å². The number of rotatable bonds is 0. The quantitative estimate of drug-likeness (QED) is 0.663. The highest BCUT2D eigenvalue weighted by Crippen LogP contribution is 2.44. The molecule has 1 nitrogen and oxygen atoms in total. The summed E-state index contributed by atoms with van der Waals surface area (Å²) in [6.07, 6.45) is 1.45. The van der Waals surface area contributed by atoms with Crippen molar-refractivity contribution < 1.29 is 4.79 Å². The molecule has 0 bridgehead atoms. The van der Waals surface area contributed by atoms with E-state index >= 15 is 0 Å². The fourth-order valence-corrected chi connectivity index (χ4v) is 3.53. The number of Topliss-reactive ketones (excluding diaryl/α,β-unsaturated/α-hetero) is 1. The standard InChI is InChI=1S/C20H22O/c1-20(2,3)19-15-9-5-4-8-14(15)12-13-18(21)16-10-6-7-11-17(16)19/h4-11,19H,12-13H2,1-3H3. The number of hydrogen-bond donors (Lipinski definition) is 0. The molecule has 0 saturated heterocycles. The number of aryl methyl sites for hydroxylation is 1. The average Bonchev–Trinajstić information content (AvgIpc) is 2.43. The Balaban J connectivity index is 2.30. The Kier molecular flexibility index (Phi) is 3.44. The van der Waals surface area contributed by atoms with Gasteiger partial charge in [-0.15, -0.1) is 0 Å². The van der Waals surface area contributed by atoms with Crippen LogP contribution in [0.25, 0.3) is 0 Å². The van der Waals surface area contributed by atoms with Crippen LogP contribution in [0.3, 0.4) is 0 Å². The summed E-state index contributed by atoms with van der Waals surface area (Å²) in [5.41, 5.74) is 4.86. The van der Waals surface area contributed by atoms with E-state index in [1.807, 2.05) is 12.1 Å². The van der Waals surface area contributed by atoms with Gasteiger partial charge in [-0.05, 0) is 28.5 Å². The predicted molar refractivity (Wildman–Crippen MR) is 86.8 cm³/mol. The maximum Gasteiger partial charge on any atom is 0.163 e. The fraction of sp³-hybridized carbons (Fsp3) is 0.350. The van der Waals surface area contributed by atoms with Crippen LogP contribution >= 0.6 is 0 Å². The maximum absolute atomic E-state index is 12.5. The molecule has 1 unspecified atom stereocenters. The summed E-state index contributed by atoms with van der Waals surface area (Å²) in [6.45, 7) is 6.78. The van der Waals surface area contributed by atoms with Crippen LogP contribution in [0, 0.1) is 5.41 Å². The van der Waals surface area contributed by atoms with Gasteiger partial charge in [-0.3, -0.25) is 4.79 Å². The SMILES string of the molecule is CC(C)(C)C1c2ccccc2CCC(=O)c2ccccc21. The Hall–Kier alpha value is -1.89. The third kappa shape index (κ3) is 2.53. The molecule has 0 amide bonds. The lowest BCUT2D eigenvalue weighted by Gasteiger charge is -2.35. The van der Waals surface area contributed by atoms with E-state index in [4.69, 9.17) is 0 Å². The lowest BCUT2D eigenvalue weighted by molar-refractivity contribution is 0.0979. The highest BCUT2D eigenvalue weighted by Gasteiger charge is 2.33. The summed E-state index contributed by atoms with van der Waals surface area (Å²) < 4.78 is 0. The van der Waals surface area contributed by atoms with E-state index in [0.717, 1.165) is 12.0 Å². The molecule has 0 aromatic heterocycles. The molecule has 0 aliphatic heterocycles. The second-order valence-corrected chi connectivity index (χ2v) is 7.01. The molecule has 0 fully saturated rings. The van der Waals surface area contributed by atoms with Crippen LogP contribution in [0.4, 0.5) is 0 Å². The van der Waals surface area contributed by atoms with E-state index in [9.17, 15) is 4.79 Å².